The van der Waals surface area contributed by atoms with Gasteiger partial charge in [0.25, 0.3) is 0 Å². The Hall–Kier alpha value is -1.37. The van der Waals surface area contributed by atoms with Crippen molar-refractivity contribution in [1.29, 1.82) is 0 Å². The molecular weight excluding hydrogens is 301 g/mol. The van der Waals surface area contributed by atoms with E-state index < -0.39 is 5.54 Å². The zero-order valence-electron chi connectivity index (χ0n) is 11.4. The van der Waals surface area contributed by atoms with Crippen molar-refractivity contribution < 1.29 is 4.74 Å². The van der Waals surface area contributed by atoms with Crippen LogP contribution in [0.25, 0.3) is 11.4 Å². The molecule has 0 aliphatic rings. The van der Waals surface area contributed by atoms with Crippen LogP contribution in [0.2, 0.25) is 10.0 Å². The van der Waals surface area contributed by atoms with E-state index in [4.69, 9.17) is 33.7 Å². The summed E-state index contributed by atoms with van der Waals surface area (Å²) in [5.74, 6) is 0.492. The van der Waals surface area contributed by atoms with Crippen LogP contribution in [-0.2, 0) is 10.3 Å². The van der Waals surface area contributed by atoms with Crippen LogP contribution < -0.4 is 5.73 Å². The molecule has 2 aromatic rings. The summed E-state index contributed by atoms with van der Waals surface area (Å²) in [5, 5.41) is 12.5. The molecular formula is C12H15Cl2N5O. The third-order valence-corrected chi connectivity index (χ3v) is 3.63. The number of benzene rings is 1. The Morgan fingerprint density at radius 1 is 1.35 bits per heavy atom. The first-order valence-corrected chi connectivity index (χ1v) is 6.65. The maximum Gasteiger partial charge on any atom is 0.184 e. The smallest absolute Gasteiger partial charge is 0.184 e. The highest BCUT2D eigenvalue weighted by molar-refractivity contribution is 6.43. The average molecular weight is 316 g/mol. The van der Waals surface area contributed by atoms with E-state index in [-0.39, 0.29) is 0 Å². The predicted molar refractivity (Wildman–Crippen MR) is 78.9 cm³/mol. The Kier molecular flexibility index (Phi) is 4.17. The van der Waals surface area contributed by atoms with E-state index in [1.54, 1.807) is 23.9 Å². The zero-order chi connectivity index (χ0) is 14.9. The Morgan fingerprint density at radius 3 is 2.70 bits per heavy atom. The van der Waals surface area contributed by atoms with Gasteiger partial charge in [-0.05, 0) is 36.4 Å². The normalized spacial score (nSPS) is 11.8. The molecule has 0 aliphatic heterocycles. The predicted octanol–water partition coefficient (Wildman–Crippen LogP) is 2.61. The highest BCUT2D eigenvalue weighted by Crippen LogP contribution is 2.35. The van der Waals surface area contributed by atoms with E-state index in [2.05, 4.69) is 15.5 Å². The molecule has 0 radical (unpaired) electrons. The van der Waals surface area contributed by atoms with Crippen LogP contribution in [-0.4, -0.2) is 33.9 Å². The molecule has 6 nitrogen and oxygen atoms in total. The molecule has 0 spiro atoms. The third kappa shape index (κ3) is 2.72. The van der Waals surface area contributed by atoms with Crippen molar-refractivity contribution in [3.63, 3.8) is 0 Å². The molecule has 2 rings (SSSR count). The first-order valence-electron chi connectivity index (χ1n) is 5.89. The summed E-state index contributed by atoms with van der Waals surface area (Å²) in [6.07, 6.45) is 0. The molecule has 0 saturated heterocycles. The molecule has 0 aliphatic carbocycles. The van der Waals surface area contributed by atoms with Gasteiger partial charge in [0.05, 0.1) is 22.2 Å². The highest BCUT2D eigenvalue weighted by Gasteiger charge is 2.27. The van der Waals surface area contributed by atoms with Crippen LogP contribution >= 0.6 is 23.2 Å². The van der Waals surface area contributed by atoms with E-state index in [0.717, 1.165) is 0 Å². The number of rotatable bonds is 4. The molecule has 0 fully saturated rings. The number of aromatic nitrogens is 4. The zero-order valence-corrected chi connectivity index (χ0v) is 12.9. The molecule has 1 aromatic heterocycles. The summed E-state index contributed by atoms with van der Waals surface area (Å²) in [5.41, 5.74) is 6.45. The molecule has 0 saturated carbocycles. The third-order valence-electron chi connectivity index (χ3n) is 2.83. The minimum Gasteiger partial charge on any atom is -0.399 e. The number of nitrogen functional groups attached to an aromatic ring is 1. The van der Waals surface area contributed by atoms with Crippen LogP contribution in [0.5, 0.6) is 0 Å². The Morgan fingerprint density at radius 2 is 2.05 bits per heavy atom. The molecule has 8 heteroatoms. The van der Waals surface area contributed by atoms with Crippen molar-refractivity contribution in [2.45, 2.75) is 19.4 Å². The topological polar surface area (TPSA) is 78.8 Å². The molecule has 2 N–H and O–H groups in total. The number of anilines is 1. The molecule has 1 heterocycles. The fourth-order valence-electron chi connectivity index (χ4n) is 1.95. The number of nitrogens with two attached hydrogens (primary N) is 1. The maximum atomic E-state index is 6.23. The van der Waals surface area contributed by atoms with Crippen LogP contribution in [0.3, 0.4) is 0 Å². The number of ether oxygens (including phenoxy) is 1. The van der Waals surface area contributed by atoms with Crippen LogP contribution in [0.15, 0.2) is 12.1 Å². The van der Waals surface area contributed by atoms with Gasteiger partial charge in [0.1, 0.15) is 0 Å². The second-order valence-corrected chi connectivity index (χ2v) is 5.81. The summed E-state index contributed by atoms with van der Waals surface area (Å²) >= 11 is 12.3. The van der Waals surface area contributed by atoms with Crippen LogP contribution in [0, 0.1) is 0 Å². The number of methoxy groups -OCH3 is 1. The van der Waals surface area contributed by atoms with E-state index in [1.165, 1.54) is 0 Å². The number of halogens is 2. The number of tetrazole rings is 1. The van der Waals surface area contributed by atoms with Gasteiger partial charge in [-0.2, -0.15) is 0 Å². The molecule has 0 unspecified atom stereocenters. The summed E-state index contributed by atoms with van der Waals surface area (Å²) in [6, 6.07) is 3.28. The number of hydrogen-bond acceptors (Lipinski definition) is 5. The lowest BCUT2D eigenvalue weighted by Gasteiger charge is -2.25. The highest BCUT2D eigenvalue weighted by atomic mass is 35.5. The lowest BCUT2D eigenvalue weighted by molar-refractivity contribution is 0.101. The summed E-state index contributed by atoms with van der Waals surface area (Å²) in [7, 11) is 1.62. The van der Waals surface area contributed by atoms with Crippen molar-refractivity contribution in [2.24, 2.45) is 0 Å². The van der Waals surface area contributed by atoms with Crippen molar-refractivity contribution in [3.8, 4) is 11.4 Å². The van der Waals surface area contributed by atoms with Crippen molar-refractivity contribution in [1.82, 2.24) is 20.2 Å². The van der Waals surface area contributed by atoms with Crippen molar-refractivity contribution in [3.05, 3.63) is 22.2 Å². The fourth-order valence-corrected chi connectivity index (χ4v) is 2.37. The molecule has 0 amide bonds. The summed E-state index contributed by atoms with van der Waals surface area (Å²) in [4.78, 5) is 0. The minimum atomic E-state index is -0.437. The first-order chi connectivity index (χ1) is 9.36. The van der Waals surface area contributed by atoms with Gasteiger partial charge in [0.2, 0.25) is 0 Å². The summed E-state index contributed by atoms with van der Waals surface area (Å²) < 4.78 is 6.85. The maximum absolute atomic E-state index is 6.23. The van der Waals surface area contributed by atoms with E-state index in [9.17, 15) is 0 Å². The molecule has 20 heavy (non-hydrogen) atoms. The minimum absolute atomic E-state index is 0.362. The van der Waals surface area contributed by atoms with Gasteiger partial charge in [-0.1, -0.05) is 23.2 Å². The quantitative estimate of drug-likeness (QED) is 0.877. The Balaban J connectivity index is 2.59. The van der Waals surface area contributed by atoms with Gasteiger partial charge in [-0.15, -0.1) is 5.10 Å². The van der Waals surface area contributed by atoms with Gasteiger partial charge in [0, 0.05) is 18.4 Å². The van der Waals surface area contributed by atoms with E-state index in [0.29, 0.717) is 33.7 Å². The van der Waals surface area contributed by atoms with Crippen LogP contribution in [0.1, 0.15) is 13.8 Å². The number of hydrogen-bond donors (Lipinski definition) is 1. The SMILES string of the molecule is COCC(C)(C)n1nnnc1-c1cc(N)cc(Cl)c1Cl. The second kappa shape index (κ2) is 5.55. The van der Waals surface area contributed by atoms with Gasteiger partial charge in [-0.25, -0.2) is 4.68 Å². The molecule has 0 bridgehead atoms. The number of nitrogens with zero attached hydrogens (tertiary/aromatic N) is 4. The second-order valence-electron chi connectivity index (χ2n) is 5.02. The monoisotopic (exact) mass is 315 g/mol. The van der Waals surface area contributed by atoms with Gasteiger partial charge in [0.15, 0.2) is 5.82 Å². The van der Waals surface area contributed by atoms with E-state index >= 15 is 0 Å². The molecule has 0 atom stereocenters. The Bertz CT molecular complexity index is 626. The van der Waals surface area contributed by atoms with Gasteiger partial charge >= 0.3 is 0 Å². The van der Waals surface area contributed by atoms with E-state index in [1.807, 2.05) is 13.8 Å². The fraction of sp³-hybridized carbons (Fsp3) is 0.417. The Labute approximate surface area is 126 Å². The standard InChI is InChI=1S/C12H15Cl2N5O/c1-12(2,6-20-3)19-11(16-17-18-19)8-4-7(15)5-9(13)10(8)14/h4-5H,6,15H2,1-3H3. The largest absolute Gasteiger partial charge is 0.399 e. The molecule has 108 valence electrons. The lowest BCUT2D eigenvalue weighted by atomic mass is 10.1. The molecule has 1 aromatic carbocycles. The van der Waals surface area contributed by atoms with Gasteiger partial charge < -0.3 is 10.5 Å². The van der Waals surface area contributed by atoms with Crippen LogP contribution in [0.4, 0.5) is 5.69 Å². The lowest BCUT2D eigenvalue weighted by Crippen LogP contribution is -2.33. The first kappa shape index (κ1) is 15.0. The average Bonchev–Trinajstić information content (AvgIpc) is 2.83. The summed E-state index contributed by atoms with van der Waals surface area (Å²) in [6.45, 7) is 4.36. The van der Waals surface area contributed by atoms with Gasteiger partial charge in [-0.3, -0.25) is 0 Å². The van der Waals surface area contributed by atoms with Crippen molar-refractivity contribution >= 4 is 28.9 Å². The van der Waals surface area contributed by atoms with Crippen molar-refractivity contribution in [2.75, 3.05) is 19.5 Å².